The maximum absolute atomic E-state index is 8.95. The van der Waals surface area contributed by atoms with Crippen molar-refractivity contribution in [2.75, 3.05) is 0 Å². The molecule has 3 rings (SSSR count). The zero-order chi connectivity index (χ0) is 9.54. The van der Waals surface area contributed by atoms with Crippen molar-refractivity contribution in [3.63, 3.8) is 0 Å². The molecule has 0 atom stereocenters. The molecule has 0 N–H and O–H groups in total. The van der Waals surface area contributed by atoms with Gasteiger partial charge in [-0.3, -0.25) is 4.68 Å². The predicted octanol–water partition coefficient (Wildman–Crippen LogP) is 2.23. The van der Waals surface area contributed by atoms with E-state index < -0.39 is 0 Å². The van der Waals surface area contributed by atoms with Crippen LogP contribution in [-0.2, 0) is 11.5 Å². The largest absolute Gasteiger partial charge is 0.264 e. The topological polar surface area (TPSA) is 41.6 Å². The molecule has 0 aromatic carbocycles. The van der Waals surface area contributed by atoms with Crippen molar-refractivity contribution in [1.82, 2.24) is 9.78 Å². The third-order valence-electron chi connectivity index (χ3n) is 3.13. The summed E-state index contributed by atoms with van der Waals surface area (Å²) in [6, 6.07) is 2.79. The number of aromatic nitrogens is 2. The van der Waals surface area contributed by atoms with Gasteiger partial charge in [-0.25, -0.2) is 0 Å². The fourth-order valence-electron chi connectivity index (χ4n) is 2.08. The molecule has 14 heavy (non-hydrogen) atoms. The highest BCUT2D eigenvalue weighted by Gasteiger charge is 2.29. The number of hydrogen-bond donors (Lipinski definition) is 0. The minimum atomic E-state index is 0.588. The van der Waals surface area contributed by atoms with Gasteiger partial charge in [0.2, 0.25) is 0 Å². The smallest absolute Gasteiger partial charge is 0.166 e. The molecule has 0 saturated heterocycles. The molecule has 2 aliphatic rings. The van der Waals surface area contributed by atoms with Gasteiger partial charge in [0.15, 0.2) is 5.69 Å². The van der Waals surface area contributed by atoms with Crippen LogP contribution in [-0.4, -0.2) is 9.78 Å². The molecule has 1 aliphatic heterocycles. The molecule has 1 fully saturated rings. The Labute approximate surface area is 87.1 Å². The van der Waals surface area contributed by atoms with Crippen LogP contribution in [0, 0.1) is 11.3 Å². The third kappa shape index (κ3) is 1.02. The van der Waals surface area contributed by atoms with E-state index in [0.29, 0.717) is 11.7 Å². The van der Waals surface area contributed by atoms with Gasteiger partial charge in [0.05, 0.1) is 11.7 Å². The van der Waals surface area contributed by atoms with E-state index in [4.69, 9.17) is 5.26 Å². The molecular formula is C10H11N3S. The van der Waals surface area contributed by atoms with Gasteiger partial charge in [-0.1, -0.05) is 0 Å². The molecule has 4 heteroatoms. The lowest BCUT2D eigenvalue weighted by atomic mass is 9.93. The number of fused-ring (bicyclic) bond motifs is 1. The van der Waals surface area contributed by atoms with E-state index >= 15 is 0 Å². The Morgan fingerprint density at radius 1 is 1.43 bits per heavy atom. The average molecular weight is 205 g/mol. The molecule has 1 saturated carbocycles. The Bertz CT molecular complexity index is 412. The van der Waals surface area contributed by atoms with Crippen molar-refractivity contribution >= 4 is 11.8 Å². The number of nitriles is 1. The maximum atomic E-state index is 8.95. The maximum Gasteiger partial charge on any atom is 0.166 e. The first-order valence-corrected chi connectivity index (χ1v) is 6.13. The summed E-state index contributed by atoms with van der Waals surface area (Å²) in [5.41, 5.74) is 3.18. The zero-order valence-corrected chi connectivity index (χ0v) is 8.68. The molecular weight excluding hydrogens is 194 g/mol. The molecule has 0 radical (unpaired) electrons. The third-order valence-corrected chi connectivity index (χ3v) is 4.10. The molecule has 0 unspecified atom stereocenters. The van der Waals surface area contributed by atoms with E-state index in [1.807, 2.05) is 11.8 Å². The molecule has 1 aromatic rings. The fraction of sp³-hybridized carbons (Fsp3) is 0.600. The molecule has 0 amide bonds. The Morgan fingerprint density at radius 3 is 2.93 bits per heavy atom. The Morgan fingerprint density at radius 2 is 2.29 bits per heavy atom. The van der Waals surface area contributed by atoms with Gasteiger partial charge in [-0.2, -0.15) is 22.1 Å². The van der Waals surface area contributed by atoms with Crippen molar-refractivity contribution in [2.45, 2.75) is 36.8 Å². The molecule has 2 heterocycles. The van der Waals surface area contributed by atoms with E-state index in [-0.39, 0.29) is 0 Å². The lowest BCUT2D eigenvalue weighted by molar-refractivity contribution is 0.284. The van der Waals surface area contributed by atoms with Crippen LogP contribution in [0.25, 0.3) is 0 Å². The fourth-order valence-corrected chi connectivity index (χ4v) is 3.19. The normalized spacial score (nSPS) is 20.2. The van der Waals surface area contributed by atoms with Crippen molar-refractivity contribution in [3.05, 3.63) is 17.0 Å². The highest BCUT2D eigenvalue weighted by Crippen LogP contribution is 2.38. The summed E-state index contributed by atoms with van der Waals surface area (Å²) in [6.45, 7) is 0. The van der Waals surface area contributed by atoms with E-state index in [2.05, 4.69) is 15.8 Å². The van der Waals surface area contributed by atoms with Gasteiger partial charge in [0.25, 0.3) is 0 Å². The minimum absolute atomic E-state index is 0.588. The van der Waals surface area contributed by atoms with E-state index in [1.165, 1.54) is 30.5 Å². The van der Waals surface area contributed by atoms with Crippen LogP contribution < -0.4 is 0 Å². The van der Waals surface area contributed by atoms with Crippen LogP contribution in [0.4, 0.5) is 0 Å². The number of hydrogen-bond acceptors (Lipinski definition) is 3. The standard InChI is InChI=1S/C10H11N3S/c11-4-9-8-5-14-6-10(8)13(12-9)7-2-1-3-7/h7H,1-3,5-6H2. The molecule has 1 aromatic heterocycles. The Balaban J connectivity index is 2.08. The summed E-state index contributed by atoms with van der Waals surface area (Å²) in [5.74, 6) is 2.02. The first-order chi connectivity index (χ1) is 6.90. The van der Waals surface area contributed by atoms with Gasteiger partial charge in [0.1, 0.15) is 6.07 Å². The second kappa shape index (κ2) is 3.03. The quantitative estimate of drug-likeness (QED) is 0.706. The van der Waals surface area contributed by atoms with Crippen molar-refractivity contribution in [1.29, 1.82) is 5.26 Å². The SMILES string of the molecule is N#Cc1nn(C2CCC2)c2c1CSC2. The highest BCUT2D eigenvalue weighted by molar-refractivity contribution is 7.98. The minimum Gasteiger partial charge on any atom is -0.264 e. The van der Waals surface area contributed by atoms with Crippen molar-refractivity contribution in [3.8, 4) is 6.07 Å². The van der Waals surface area contributed by atoms with E-state index in [1.54, 1.807) is 0 Å². The Hall–Kier alpha value is -0.950. The van der Waals surface area contributed by atoms with Gasteiger partial charge >= 0.3 is 0 Å². The molecule has 72 valence electrons. The van der Waals surface area contributed by atoms with E-state index in [0.717, 1.165) is 11.5 Å². The van der Waals surface area contributed by atoms with Crippen molar-refractivity contribution < 1.29 is 0 Å². The summed E-state index contributed by atoms with van der Waals surface area (Å²) in [7, 11) is 0. The van der Waals surface area contributed by atoms with E-state index in [9.17, 15) is 0 Å². The molecule has 0 spiro atoms. The van der Waals surface area contributed by atoms with Gasteiger partial charge in [-0.15, -0.1) is 0 Å². The zero-order valence-electron chi connectivity index (χ0n) is 7.86. The summed E-state index contributed by atoms with van der Waals surface area (Å²) in [4.78, 5) is 0. The number of thioether (sulfide) groups is 1. The van der Waals surface area contributed by atoms with Gasteiger partial charge < -0.3 is 0 Å². The number of rotatable bonds is 1. The molecule has 3 nitrogen and oxygen atoms in total. The molecule has 0 bridgehead atoms. The second-order valence-corrected chi connectivity index (χ2v) is 4.89. The van der Waals surface area contributed by atoms with Crippen LogP contribution >= 0.6 is 11.8 Å². The lowest BCUT2D eigenvalue weighted by Crippen LogP contribution is -2.19. The Kier molecular flexibility index (Phi) is 1.81. The average Bonchev–Trinajstić information content (AvgIpc) is 2.64. The number of nitrogens with zero attached hydrogens (tertiary/aromatic N) is 3. The lowest BCUT2D eigenvalue weighted by Gasteiger charge is -2.27. The summed E-state index contributed by atoms with van der Waals surface area (Å²) < 4.78 is 2.12. The molecule has 1 aliphatic carbocycles. The monoisotopic (exact) mass is 205 g/mol. The van der Waals surface area contributed by atoms with Crippen LogP contribution in [0.5, 0.6) is 0 Å². The summed E-state index contributed by atoms with van der Waals surface area (Å²) >= 11 is 1.89. The first-order valence-electron chi connectivity index (χ1n) is 4.98. The van der Waals surface area contributed by atoms with Gasteiger partial charge in [0, 0.05) is 17.1 Å². The van der Waals surface area contributed by atoms with Crippen LogP contribution in [0.1, 0.15) is 42.3 Å². The highest BCUT2D eigenvalue weighted by atomic mass is 32.2. The van der Waals surface area contributed by atoms with Crippen LogP contribution in [0.2, 0.25) is 0 Å². The predicted molar refractivity (Wildman–Crippen MR) is 54.8 cm³/mol. The second-order valence-electron chi connectivity index (χ2n) is 3.91. The van der Waals surface area contributed by atoms with Gasteiger partial charge in [-0.05, 0) is 19.3 Å². The first kappa shape index (κ1) is 8.37. The van der Waals surface area contributed by atoms with Crippen molar-refractivity contribution in [2.24, 2.45) is 0 Å². The summed E-state index contributed by atoms with van der Waals surface area (Å²) in [5, 5.41) is 13.4. The van der Waals surface area contributed by atoms with Crippen LogP contribution in [0.3, 0.4) is 0 Å². The summed E-state index contributed by atoms with van der Waals surface area (Å²) in [6.07, 6.45) is 3.79. The van der Waals surface area contributed by atoms with Crippen LogP contribution in [0.15, 0.2) is 0 Å².